The number of halogens is 1. The molecule has 1 unspecified atom stereocenters. The van der Waals surface area contributed by atoms with E-state index in [0.717, 1.165) is 17.4 Å². The zero-order valence-corrected chi connectivity index (χ0v) is 16.7. The van der Waals surface area contributed by atoms with E-state index in [1.165, 1.54) is 21.9 Å². The number of rotatable bonds is 4. The fraction of sp³-hybridized carbons (Fsp3) is 0.286. The van der Waals surface area contributed by atoms with Crippen LogP contribution in [0, 0.1) is 5.82 Å². The molecule has 0 aliphatic carbocycles. The number of fused-ring (bicyclic) bond motifs is 2. The van der Waals surface area contributed by atoms with E-state index in [2.05, 4.69) is 5.32 Å². The van der Waals surface area contributed by atoms with Crippen molar-refractivity contribution in [3.05, 3.63) is 53.8 Å². The molecule has 4 rings (SSSR count). The highest BCUT2D eigenvalue weighted by Gasteiger charge is 2.42. The third-order valence-electron chi connectivity index (χ3n) is 5.20. The summed E-state index contributed by atoms with van der Waals surface area (Å²) >= 11 is 1.55. The minimum absolute atomic E-state index is 0.141. The van der Waals surface area contributed by atoms with E-state index in [9.17, 15) is 18.8 Å². The lowest BCUT2D eigenvalue weighted by Gasteiger charge is -2.25. The van der Waals surface area contributed by atoms with Crippen LogP contribution in [0.25, 0.3) is 0 Å². The van der Waals surface area contributed by atoms with Crippen molar-refractivity contribution in [2.45, 2.75) is 23.8 Å². The Hall–Kier alpha value is -2.87. The average Bonchev–Trinajstić information content (AvgIpc) is 3.18. The molecule has 1 N–H and O–H groups in total. The minimum atomic E-state index is -0.620. The van der Waals surface area contributed by atoms with Gasteiger partial charge in [0.25, 0.3) is 5.91 Å². The number of hydrogen-bond donors (Lipinski definition) is 1. The Balaban J connectivity index is 1.64. The largest absolute Gasteiger partial charge is 0.327 e. The van der Waals surface area contributed by atoms with E-state index in [1.807, 2.05) is 24.5 Å². The number of hydrogen-bond acceptors (Lipinski definition) is 4. The predicted octanol–water partition coefficient (Wildman–Crippen LogP) is 3.14. The van der Waals surface area contributed by atoms with E-state index in [0.29, 0.717) is 18.7 Å². The van der Waals surface area contributed by atoms with Crippen molar-refractivity contribution in [2.75, 3.05) is 29.6 Å². The van der Waals surface area contributed by atoms with Crippen molar-refractivity contribution >= 4 is 40.9 Å². The van der Waals surface area contributed by atoms with Crippen molar-refractivity contribution in [2.24, 2.45) is 0 Å². The van der Waals surface area contributed by atoms with E-state index < -0.39 is 17.8 Å². The Bertz CT molecular complexity index is 997. The van der Waals surface area contributed by atoms with Gasteiger partial charge in [0.2, 0.25) is 11.8 Å². The third-order valence-corrected chi connectivity index (χ3v) is 5.93. The second kappa shape index (κ2) is 7.87. The van der Waals surface area contributed by atoms with Gasteiger partial charge in [-0.15, -0.1) is 11.8 Å². The first-order valence-corrected chi connectivity index (χ1v) is 10.6. The number of nitrogens with zero attached hydrogens (tertiary/aromatic N) is 2. The summed E-state index contributed by atoms with van der Waals surface area (Å²) in [5.41, 5.74) is 0.992. The zero-order chi connectivity index (χ0) is 20.5. The topological polar surface area (TPSA) is 69.7 Å². The normalized spacial score (nSPS) is 18.3. The number of thioether (sulfide) groups is 1. The maximum absolute atomic E-state index is 13.9. The molecule has 6 nitrogen and oxygen atoms in total. The van der Waals surface area contributed by atoms with Crippen molar-refractivity contribution in [3.63, 3.8) is 0 Å². The van der Waals surface area contributed by atoms with Crippen molar-refractivity contribution in [3.8, 4) is 0 Å². The average molecular weight is 413 g/mol. The Labute approximate surface area is 172 Å². The van der Waals surface area contributed by atoms with E-state index in [4.69, 9.17) is 0 Å². The van der Waals surface area contributed by atoms with Gasteiger partial charge in [-0.05, 0) is 55.5 Å². The lowest BCUT2D eigenvalue weighted by Crippen LogP contribution is -2.47. The van der Waals surface area contributed by atoms with Crippen LogP contribution in [0.2, 0.25) is 0 Å². The third kappa shape index (κ3) is 3.72. The van der Waals surface area contributed by atoms with Crippen LogP contribution in [-0.2, 0) is 9.59 Å². The molecule has 1 atom stereocenters. The lowest BCUT2D eigenvalue weighted by molar-refractivity contribution is -0.124. The smallest absolute Gasteiger partial charge is 0.256 e. The minimum Gasteiger partial charge on any atom is -0.327 e. The summed E-state index contributed by atoms with van der Waals surface area (Å²) in [6, 6.07) is 10.5. The van der Waals surface area contributed by atoms with Crippen molar-refractivity contribution in [1.29, 1.82) is 0 Å². The van der Waals surface area contributed by atoms with Gasteiger partial charge in [0.1, 0.15) is 18.4 Å². The maximum Gasteiger partial charge on any atom is 0.256 e. The summed E-state index contributed by atoms with van der Waals surface area (Å²) in [6.07, 6.45) is 3.20. The number of nitrogens with one attached hydrogen (secondary N) is 1. The van der Waals surface area contributed by atoms with Gasteiger partial charge in [-0.25, -0.2) is 4.39 Å². The lowest BCUT2D eigenvalue weighted by atomic mass is 10.1. The second-order valence-electron chi connectivity index (χ2n) is 7.02. The Morgan fingerprint density at radius 1 is 1.24 bits per heavy atom. The van der Waals surface area contributed by atoms with Crippen LogP contribution in [0.1, 0.15) is 23.2 Å². The SMILES string of the molecule is CSc1cccc(NC(=O)CN2C(=O)C3CCCN3C(=O)c3ccc(F)cc32)c1. The molecule has 1 saturated heterocycles. The molecule has 8 heteroatoms. The van der Waals surface area contributed by atoms with Gasteiger partial charge in [0.05, 0.1) is 11.3 Å². The first-order valence-electron chi connectivity index (χ1n) is 9.34. The van der Waals surface area contributed by atoms with Gasteiger partial charge in [-0.2, -0.15) is 0 Å². The highest BCUT2D eigenvalue weighted by molar-refractivity contribution is 7.98. The first-order chi connectivity index (χ1) is 14.0. The summed E-state index contributed by atoms with van der Waals surface area (Å²) in [7, 11) is 0. The van der Waals surface area contributed by atoms with Crippen LogP contribution in [0.4, 0.5) is 15.8 Å². The van der Waals surface area contributed by atoms with Gasteiger partial charge in [0.15, 0.2) is 0 Å². The molecular weight excluding hydrogens is 393 g/mol. The van der Waals surface area contributed by atoms with Gasteiger partial charge in [0, 0.05) is 17.1 Å². The first kappa shape index (κ1) is 19.4. The molecule has 0 spiro atoms. The van der Waals surface area contributed by atoms with Crippen molar-refractivity contribution < 1.29 is 18.8 Å². The van der Waals surface area contributed by atoms with Crippen LogP contribution >= 0.6 is 11.8 Å². The van der Waals surface area contributed by atoms with E-state index >= 15 is 0 Å². The summed E-state index contributed by atoms with van der Waals surface area (Å²) in [5, 5.41) is 2.78. The molecule has 0 aromatic heterocycles. The molecule has 150 valence electrons. The second-order valence-corrected chi connectivity index (χ2v) is 7.90. The maximum atomic E-state index is 13.9. The molecule has 2 aromatic carbocycles. The number of anilines is 2. The van der Waals surface area contributed by atoms with Crippen molar-refractivity contribution in [1.82, 2.24) is 4.90 Å². The zero-order valence-electron chi connectivity index (χ0n) is 15.9. The number of carbonyl (C=O) groups excluding carboxylic acids is 3. The molecule has 1 fully saturated rings. The van der Waals surface area contributed by atoms with Gasteiger partial charge < -0.3 is 15.1 Å². The number of benzene rings is 2. The fourth-order valence-electron chi connectivity index (χ4n) is 3.84. The molecule has 0 radical (unpaired) electrons. The number of amides is 3. The molecule has 29 heavy (non-hydrogen) atoms. The molecule has 2 aromatic rings. The van der Waals surface area contributed by atoms with Crippen LogP contribution in [0.5, 0.6) is 0 Å². The molecular formula is C21H20FN3O3S. The van der Waals surface area contributed by atoms with Gasteiger partial charge in [-0.1, -0.05) is 6.07 Å². The Morgan fingerprint density at radius 3 is 2.86 bits per heavy atom. The summed E-state index contributed by atoms with van der Waals surface area (Å²) in [4.78, 5) is 42.5. The molecule has 2 aliphatic heterocycles. The predicted molar refractivity (Wildman–Crippen MR) is 110 cm³/mol. The van der Waals surface area contributed by atoms with Gasteiger partial charge >= 0.3 is 0 Å². The van der Waals surface area contributed by atoms with Gasteiger partial charge in [-0.3, -0.25) is 14.4 Å². The summed E-state index contributed by atoms with van der Waals surface area (Å²) < 4.78 is 13.9. The molecule has 2 heterocycles. The Kier molecular flexibility index (Phi) is 5.27. The Morgan fingerprint density at radius 2 is 2.07 bits per heavy atom. The quantitative estimate of drug-likeness (QED) is 0.782. The summed E-state index contributed by atoms with van der Waals surface area (Å²) in [5.74, 6) is -1.63. The number of carbonyl (C=O) groups is 3. The fourth-order valence-corrected chi connectivity index (χ4v) is 4.30. The van der Waals surface area contributed by atoms with E-state index in [1.54, 1.807) is 17.8 Å². The molecule has 3 amide bonds. The monoisotopic (exact) mass is 413 g/mol. The molecule has 0 saturated carbocycles. The standard InChI is InChI=1S/C21H20FN3O3S/c1-29-15-5-2-4-14(11-15)23-19(26)12-25-18-10-13(22)7-8-16(18)20(27)24-9-3-6-17(24)21(25)28/h2,4-5,7-8,10-11,17H,3,6,9,12H2,1H3,(H,23,26). The van der Waals surface area contributed by atoms with Crippen LogP contribution in [-0.4, -0.2) is 48.0 Å². The molecule has 0 bridgehead atoms. The van der Waals surface area contributed by atoms with Crippen LogP contribution < -0.4 is 10.2 Å². The summed E-state index contributed by atoms with van der Waals surface area (Å²) in [6.45, 7) is 0.184. The highest BCUT2D eigenvalue weighted by atomic mass is 32.2. The highest BCUT2D eigenvalue weighted by Crippen LogP contribution is 2.33. The van der Waals surface area contributed by atoms with E-state index in [-0.39, 0.29) is 29.6 Å². The van der Waals surface area contributed by atoms with Crippen LogP contribution in [0.15, 0.2) is 47.4 Å². The molecule has 2 aliphatic rings. The van der Waals surface area contributed by atoms with Crippen LogP contribution in [0.3, 0.4) is 0 Å².